The van der Waals surface area contributed by atoms with Gasteiger partial charge in [-0.2, -0.15) is 0 Å². The van der Waals surface area contributed by atoms with Gasteiger partial charge >= 0.3 is 7.32 Å². The SMILES string of the molecule is COc1cc(OB(O)O)cc(OC)c1C. The molecule has 0 amide bonds. The van der Waals surface area contributed by atoms with Crippen molar-refractivity contribution in [2.75, 3.05) is 14.2 Å². The molecular formula is C9H13BO5. The Bertz CT molecular complexity index is 314. The average Bonchev–Trinajstić information content (AvgIpc) is 2.19. The smallest absolute Gasteiger partial charge is 0.512 e. The van der Waals surface area contributed by atoms with Gasteiger partial charge < -0.3 is 24.2 Å². The van der Waals surface area contributed by atoms with Crippen LogP contribution in [0.4, 0.5) is 0 Å². The van der Waals surface area contributed by atoms with Crippen molar-refractivity contribution in [2.45, 2.75) is 6.92 Å². The number of hydrogen-bond acceptors (Lipinski definition) is 5. The van der Waals surface area contributed by atoms with E-state index in [1.165, 1.54) is 14.2 Å². The van der Waals surface area contributed by atoms with E-state index in [4.69, 9.17) is 24.2 Å². The van der Waals surface area contributed by atoms with Crippen molar-refractivity contribution in [2.24, 2.45) is 0 Å². The lowest BCUT2D eigenvalue weighted by atomic mass is 10.1. The van der Waals surface area contributed by atoms with E-state index in [-0.39, 0.29) is 5.75 Å². The topological polar surface area (TPSA) is 68.2 Å². The average molecular weight is 212 g/mol. The Hall–Kier alpha value is -1.40. The van der Waals surface area contributed by atoms with Gasteiger partial charge in [-0.15, -0.1) is 0 Å². The molecule has 0 aromatic heterocycles. The second-order valence-electron chi connectivity index (χ2n) is 2.90. The monoisotopic (exact) mass is 212 g/mol. The summed E-state index contributed by atoms with van der Waals surface area (Å²) in [5.41, 5.74) is 0.819. The highest BCUT2D eigenvalue weighted by Crippen LogP contribution is 2.33. The van der Waals surface area contributed by atoms with Crippen LogP contribution in [0.3, 0.4) is 0 Å². The quantitative estimate of drug-likeness (QED) is 0.705. The molecule has 82 valence electrons. The predicted octanol–water partition coefficient (Wildman–Crippen LogP) is 0.361. The van der Waals surface area contributed by atoms with E-state index in [2.05, 4.69) is 0 Å². The summed E-state index contributed by atoms with van der Waals surface area (Å²) in [4.78, 5) is 0. The normalized spacial score (nSPS) is 9.67. The summed E-state index contributed by atoms with van der Waals surface area (Å²) in [6.07, 6.45) is 0. The van der Waals surface area contributed by atoms with Gasteiger partial charge in [0.15, 0.2) is 0 Å². The van der Waals surface area contributed by atoms with Gasteiger partial charge in [-0.25, -0.2) is 0 Å². The molecule has 15 heavy (non-hydrogen) atoms. The van der Waals surface area contributed by atoms with Gasteiger partial charge in [0.1, 0.15) is 17.2 Å². The summed E-state index contributed by atoms with van der Waals surface area (Å²) in [6, 6.07) is 3.11. The zero-order valence-corrected chi connectivity index (χ0v) is 8.85. The van der Waals surface area contributed by atoms with Crippen molar-refractivity contribution < 1.29 is 24.2 Å². The fraction of sp³-hybridized carbons (Fsp3) is 0.333. The molecule has 0 atom stereocenters. The largest absolute Gasteiger partial charge is 0.707 e. The second kappa shape index (κ2) is 4.90. The van der Waals surface area contributed by atoms with Crippen LogP contribution in [0.15, 0.2) is 12.1 Å². The molecule has 0 aliphatic rings. The molecule has 0 aliphatic heterocycles. The van der Waals surface area contributed by atoms with Crippen LogP contribution in [-0.2, 0) is 0 Å². The molecule has 0 unspecified atom stereocenters. The molecular weight excluding hydrogens is 199 g/mol. The number of hydrogen-bond donors (Lipinski definition) is 2. The van der Waals surface area contributed by atoms with Crippen molar-refractivity contribution in [3.63, 3.8) is 0 Å². The Balaban J connectivity index is 3.09. The van der Waals surface area contributed by atoms with Crippen LogP contribution in [-0.4, -0.2) is 31.6 Å². The maximum Gasteiger partial charge on any atom is 0.707 e. The Kier molecular flexibility index (Phi) is 3.82. The minimum Gasteiger partial charge on any atom is -0.512 e. The van der Waals surface area contributed by atoms with Crippen LogP contribution in [0.2, 0.25) is 0 Å². The highest BCUT2D eigenvalue weighted by molar-refractivity contribution is 6.33. The molecule has 5 nitrogen and oxygen atoms in total. The van der Waals surface area contributed by atoms with Crippen molar-refractivity contribution in [1.29, 1.82) is 0 Å². The molecule has 0 saturated heterocycles. The summed E-state index contributed by atoms with van der Waals surface area (Å²) in [5.74, 6) is 1.39. The fourth-order valence-corrected chi connectivity index (χ4v) is 1.25. The molecule has 0 fully saturated rings. The molecule has 0 bridgehead atoms. The van der Waals surface area contributed by atoms with Crippen molar-refractivity contribution in [3.8, 4) is 17.2 Å². The van der Waals surface area contributed by atoms with Gasteiger partial charge in [0, 0.05) is 17.7 Å². The Morgan fingerprint density at radius 2 is 1.53 bits per heavy atom. The highest BCUT2D eigenvalue weighted by Gasteiger charge is 2.15. The predicted molar refractivity (Wildman–Crippen MR) is 55.1 cm³/mol. The standard InChI is InChI=1S/C9H13BO5/c1-6-8(13-2)4-7(15-10(11)12)5-9(6)14-3/h4-5,11-12H,1-3H3. The van der Waals surface area contributed by atoms with Crippen LogP contribution in [0, 0.1) is 6.92 Å². The maximum atomic E-state index is 8.65. The van der Waals surface area contributed by atoms with E-state index in [9.17, 15) is 0 Å². The minimum atomic E-state index is -1.86. The number of rotatable bonds is 4. The molecule has 1 aromatic rings. The Morgan fingerprint density at radius 3 is 1.87 bits per heavy atom. The van der Waals surface area contributed by atoms with Crippen LogP contribution >= 0.6 is 0 Å². The van der Waals surface area contributed by atoms with E-state index in [1.807, 2.05) is 6.92 Å². The van der Waals surface area contributed by atoms with Crippen LogP contribution < -0.4 is 14.1 Å². The summed E-state index contributed by atoms with van der Waals surface area (Å²) < 4.78 is 14.9. The third-order valence-electron chi connectivity index (χ3n) is 1.97. The van der Waals surface area contributed by atoms with Gasteiger partial charge in [-0.05, 0) is 6.92 Å². The fourth-order valence-electron chi connectivity index (χ4n) is 1.25. The first-order valence-corrected chi connectivity index (χ1v) is 4.34. The third kappa shape index (κ3) is 2.77. The molecule has 0 heterocycles. The summed E-state index contributed by atoms with van der Waals surface area (Å²) >= 11 is 0. The maximum absolute atomic E-state index is 8.65. The van der Waals surface area contributed by atoms with Crippen LogP contribution in [0.25, 0.3) is 0 Å². The van der Waals surface area contributed by atoms with Crippen LogP contribution in [0.1, 0.15) is 5.56 Å². The van der Waals surface area contributed by atoms with E-state index in [0.717, 1.165) is 5.56 Å². The lowest BCUT2D eigenvalue weighted by Crippen LogP contribution is -2.20. The van der Waals surface area contributed by atoms with Gasteiger partial charge in [0.25, 0.3) is 0 Å². The molecule has 0 spiro atoms. The highest BCUT2D eigenvalue weighted by atomic mass is 16.6. The lowest BCUT2D eigenvalue weighted by Gasteiger charge is -2.13. The zero-order chi connectivity index (χ0) is 11.4. The Labute approximate surface area is 88.4 Å². The van der Waals surface area contributed by atoms with E-state index < -0.39 is 7.32 Å². The van der Waals surface area contributed by atoms with Crippen molar-refractivity contribution in [1.82, 2.24) is 0 Å². The molecule has 1 aromatic carbocycles. The first kappa shape index (κ1) is 11.7. The molecule has 0 radical (unpaired) electrons. The number of ether oxygens (including phenoxy) is 2. The molecule has 6 heteroatoms. The molecule has 0 saturated carbocycles. The Morgan fingerprint density at radius 1 is 1.07 bits per heavy atom. The molecule has 1 rings (SSSR count). The van der Waals surface area contributed by atoms with Gasteiger partial charge in [0.05, 0.1) is 14.2 Å². The zero-order valence-electron chi connectivity index (χ0n) is 8.85. The van der Waals surface area contributed by atoms with Gasteiger partial charge in [0.2, 0.25) is 0 Å². The molecule has 2 N–H and O–H groups in total. The van der Waals surface area contributed by atoms with E-state index in [0.29, 0.717) is 11.5 Å². The minimum absolute atomic E-state index is 0.268. The lowest BCUT2D eigenvalue weighted by molar-refractivity contribution is 0.286. The third-order valence-corrected chi connectivity index (χ3v) is 1.97. The van der Waals surface area contributed by atoms with Gasteiger partial charge in [-0.1, -0.05) is 0 Å². The first-order chi connectivity index (χ1) is 7.08. The van der Waals surface area contributed by atoms with Crippen molar-refractivity contribution >= 4 is 7.32 Å². The van der Waals surface area contributed by atoms with Crippen molar-refractivity contribution in [3.05, 3.63) is 17.7 Å². The second-order valence-corrected chi connectivity index (χ2v) is 2.90. The number of benzene rings is 1. The summed E-state index contributed by atoms with van der Waals surface area (Å²) in [7, 11) is 1.17. The summed E-state index contributed by atoms with van der Waals surface area (Å²) in [6.45, 7) is 1.83. The number of methoxy groups -OCH3 is 2. The summed E-state index contributed by atoms with van der Waals surface area (Å²) in [5, 5.41) is 17.3. The van der Waals surface area contributed by atoms with E-state index in [1.54, 1.807) is 12.1 Å². The first-order valence-electron chi connectivity index (χ1n) is 4.34. The molecule has 0 aliphatic carbocycles. The van der Waals surface area contributed by atoms with Crippen LogP contribution in [0.5, 0.6) is 17.2 Å². The van der Waals surface area contributed by atoms with E-state index >= 15 is 0 Å². The van der Waals surface area contributed by atoms with Gasteiger partial charge in [-0.3, -0.25) is 0 Å².